The summed E-state index contributed by atoms with van der Waals surface area (Å²) in [7, 11) is 0. The molecule has 1 atom stereocenters. The molecule has 0 saturated carbocycles. The first-order valence-electron chi connectivity index (χ1n) is 7.46. The fourth-order valence-electron chi connectivity index (χ4n) is 2.25. The Hall–Kier alpha value is -2.44. The van der Waals surface area contributed by atoms with E-state index in [0.29, 0.717) is 0 Å². The molecular weight excluding hydrogens is 349 g/mol. The fraction of sp³-hybridized carbons (Fsp3) is 0.222. The molecule has 0 heterocycles. The number of halogens is 2. The highest BCUT2D eigenvalue weighted by atomic mass is 35.5. The van der Waals surface area contributed by atoms with E-state index in [1.54, 1.807) is 0 Å². The molecule has 5 nitrogen and oxygen atoms in total. The van der Waals surface area contributed by atoms with Gasteiger partial charge in [0.2, 0.25) is 0 Å². The number of carbonyl (C=O) groups excluding carboxylic acids is 2. The molecule has 1 amide bonds. The van der Waals surface area contributed by atoms with Crippen LogP contribution in [-0.4, -0.2) is 23.9 Å². The van der Waals surface area contributed by atoms with Gasteiger partial charge in [0.15, 0.2) is 6.10 Å². The van der Waals surface area contributed by atoms with E-state index in [1.165, 1.54) is 13.0 Å². The maximum atomic E-state index is 13.7. The number of benzene rings is 2. The second kappa shape index (κ2) is 8.60. The number of carbonyl (C=O) groups is 2. The molecule has 1 unspecified atom stereocenters. The Labute approximate surface area is 149 Å². The second-order valence-electron chi connectivity index (χ2n) is 5.32. The monoisotopic (exact) mass is 365 g/mol. The lowest BCUT2D eigenvalue weighted by molar-refractivity contribution is -0.120. The summed E-state index contributed by atoms with van der Waals surface area (Å²) in [4.78, 5) is 22.9. The van der Waals surface area contributed by atoms with Crippen molar-refractivity contribution in [1.82, 2.24) is 0 Å². The Bertz CT molecular complexity index is 767. The molecule has 0 aromatic heterocycles. The van der Waals surface area contributed by atoms with Crippen LogP contribution in [0.4, 0.5) is 4.39 Å². The van der Waals surface area contributed by atoms with Crippen molar-refractivity contribution >= 4 is 22.8 Å². The Kier molecular flexibility index (Phi) is 6.50. The maximum absolute atomic E-state index is 13.7. The fourth-order valence-corrected chi connectivity index (χ4v) is 2.35. The highest BCUT2D eigenvalue weighted by molar-refractivity contribution is 6.64. The summed E-state index contributed by atoms with van der Waals surface area (Å²) in [5, 5.41) is -0.766. The van der Waals surface area contributed by atoms with E-state index in [1.807, 2.05) is 30.3 Å². The van der Waals surface area contributed by atoms with Gasteiger partial charge in [0.1, 0.15) is 11.6 Å². The second-order valence-corrected chi connectivity index (χ2v) is 5.69. The minimum atomic E-state index is -1.10. The van der Waals surface area contributed by atoms with Gasteiger partial charge in [-0.2, -0.15) is 0 Å². The van der Waals surface area contributed by atoms with Crippen molar-refractivity contribution < 1.29 is 23.5 Å². The quantitative estimate of drug-likeness (QED) is 0.729. The van der Waals surface area contributed by atoms with E-state index in [4.69, 9.17) is 26.8 Å². The molecule has 2 aromatic rings. The SMILES string of the molecule is Cc1c(OC(COCc2ccccc2)C(=O)Cl)ccc(F)c1C(N)=O. The van der Waals surface area contributed by atoms with Crippen LogP contribution in [0.5, 0.6) is 5.75 Å². The molecule has 2 N–H and O–H groups in total. The van der Waals surface area contributed by atoms with Gasteiger partial charge >= 0.3 is 0 Å². The highest BCUT2D eigenvalue weighted by Gasteiger charge is 2.22. The number of hydrogen-bond acceptors (Lipinski definition) is 4. The number of ether oxygens (including phenoxy) is 2. The minimum absolute atomic E-state index is 0.0973. The molecule has 132 valence electrons. The van der Waals surface area contributed by atoms with E-state index in [-0.39, 0.29) is 30.1 Å². The first-order chi connectivity index (χ1) is 11.9. The van der Waals surface area contributed by atoms with Crippen LogP contribution in [-0.2, 0) is 16.1 Å². The number of rotatable bonds is 8. The number of primary amides is 1. The maximum Gasteiger partial charge on any atom is 0.264 e. The van der Waals surface area contributed by atoms with Gasteiger partial charge in [0.05, 0.1) is 18.8 Å². The van der Waals surface area contributed by atoms with E-state index >= 15 is 0 Å². The lowest BCUT2D eigenvalue weighted by Crippen LogP contribution is -2.30. The predicted molar refractivity (Wildman–Crippen MR) is 91.0 cm³/mol. The molecule has 25 heavy (non-hydrogen) atoms. The van der Waals surface area contributed by atoms with Crippen molar-refractivity contribution in [2.24, 2.45) is 5.73 Å². The van der Waals surface area contributed by atoms with Gasteiger partial charge in [0.25, 0.3) is 11.1 Å². The van der Waals surface area contributed by atoms with Crippen molar-refractivity contribution in [2.75, 3.05) is 6.61 Å². The third-order valence-corrected chi connectivity index (χ3v) is 3.76. The Morgan fingerprint density at radius 2 is 1.88 bits per heavy atom. The van der Waals surface area contributed by atoms with Gasteiger partial charge in [-0.25, -0.2) is 4.39 Å². The van der Waals surface area contributed by atoms with Crippen molar-refractivity contribution in [1.29, 1.82) is 0 Å². The van der Waals surface area contributed by atoms with Gasteiger partial charge in [-0.1, -0.05) is 30.3 Å². The molecule has 0 fully saturated rings. The zero-order valence-electron chi connectivity index (χ0n) is 13.5. The van der Waals surface area contributed by atoms with Gasteiger partial charge in [-0.15, -0.1) is 0 Å². The number of amides is 1. The summed E-state index contributed by atoms with van der Waals surface area (Å²) in [6.07, 6.45) is -1.10. The molecule has 0 aliphatic heterocycles. The van der Waals surface area contributed by atoms with Gasteiger partial charge < -0.3 is 15.2 Å². The summed E-state index contributed by atoms with van der Waals surface area (Å²) < 4.78 is 24.7. The van der Waals surface area contributed by atoms with Crippen molar-refractivity contribution in [3.05, 3.63) is 65.0 Å². The van der Waals surface area contributed by atoms with Crippen LogP contribution in [0.2, 0.25) is 0 Å². The third-order valence-electron chi connectivity index (χ3n) is 3.51. The lowest BCUT2D eigenvalue weighted by Gasteiger charge is -2.18. The van der Waals surface area contributed by atoms with E-state index < -0.39 is 23.1 Å². The summed E-state index contributed by atoms with van der Waals surface area (Å²) in [5.74, 6) is -1.54. The number of hydrogen-bond donors (Lipinski definition) is 1. The topological polar surface area (TPSA) is 78.6 Å². The van der Waals surface area contributed by atoms with Crippen LogP contribution < -0.4 is 10.5 Å². The molecule has 2 aromatic carbocycles. The average molecular weight is 366 g/mol. The molecule has 2 rings (SSSR count). The Balaban J connectivity index is 2.08. The van der Waals surface area contributed by atoms with Crippen molar-refractivity contribution in [2.45, 2.75) is 19.6 Å². The van der Waals surface area contributed by atoms with Crippen molar-refractivity contribution in [3.63, 3.8) is 0 Å². The first kappa shape index (κ1) is 18.9. The first-order valence-corrected chi connectivity index (χ1v) is 7.84. The molecule has 7 heteroatoms. The average Bonchev–Trinajstić information content (AvgIpc) is 2.56. The van der Waals surface area contributed by atoms with E-state index in [9.17, 15) is 14.0 Å². The summed E-state index contributed by atoms with van der Waals surface area (Å²) in [6, 6.07) is 11.7. The molecule has 0 aliphatic carbocycles. The third kappa shape index (κ3) is 5.01. The van der Waals surface area contributed by atoms with Crippen LogP contribution in [0.1, 0.15) is 21.5 Å². The molecule has 0 radical (unpaired) electrons. The summed E-state index contributed by atoms with van der Waals surface area (Å²) >= 11 is 5.55. The lowest BCUT2D eigenvalue weighted by atomic mass is 10.1. The zero-order chi connectivity index (χ0) is 18.4. The van der Waals surface area contributed by atoms with Crippen LogP contribution in [0.25, 0.3) is 0 Å². The molecule has 0 saturated heterocycles. The Morgan fingerprint density at radius 1 is 1.20 bits per heavy atom. The molecule has 0 aliphatic rings. The Morgan fingerprint density at radius 3 is 2.48 bits per heavy atom. The van der Waals surface area contributed by atoms with E-state index in [0.717, 1.165) is 11.6 Å². The smallest absolute Gasteiger partial charge is 0.264 e. The largest absolute Gasteiger partial charge is 0.479 e. The predicted octanol–water partition coefficient (Wildman–Crippen LogP) is 2.96. The minimum Gasteiger partial charge on any atom is -0.479 e. The summed E-state index contributed by atoms with van der Waals surface area (Å²) in [5.41, 5.74) is 6.00. The zero-order valence-corrected chi connectivity index (χ0v) is 14.3. The molecule has 0 spiro atoms. The van der Waals surface area contributed by atoms with Gasteiger partial charge in [-0.3, -0.25) is 9.59 Å². The van der Waals surface area contributed by atoms with Crippen LogP contribution >= 0.6 is 11.6 Å². The van der Waals surface area contributed by atoms with E-state index in [2.05, 4.69) is 0 Å². The molecule has 0 bridgehead atoms. The van der Waals surface area contributed by atoms with Crippen LogP contribution in [0.15, 0.2) is 42.5 Å². The standard InChI is InChI=1S/C18H17ClFNO4/c1-11-14(8-7-13(20)16(11)18(21)23)25-15(17(19)22)10-24-9-12-5-3-2-4-6-12/h2-8,15H,9-10H2,1H3,(H2,21,23). The number of nitrogens with two attached hydrogens (primary N) is 1. The van der Waals surface area contributed by atoms with Crippen LogP contribution in [0, 0.1) is 12.7 Å². The van der Waals surface area contributed by atoms with Gasteiger partial charge in [-0.05, 0) is 36.2 Å². The summed E-state index contributed by atoms with van der Waals surface area (Å²) in [6.45, 7) is 1.65. The molecular formula is C18H17ClFNO4. The normalized spacial score (nSPS) is 11.8. The van der Waals surface area contributed by atoms with Crippen LogP contribution in [0.3, 0.4) is 0 Å². The highest BCUT2D eigenvalue weighted by Crippen LogP contribution is 2.25. The van der Waals surface area contributed by atoms with Gasteiger partial charge in [0, 0.05) is 5.56 Å². The van der Waals surface area contributed by atoms with Crippen molar-refractivity contribution in [3.8, 4) is 5.75 Å².